The molecule has 3 nitrogen and oxygen atoms in total. The zero-order chi connectivity index (χ0) is 12.1. The molecule has 0 unspecified atom stereocenters. The van der Waals surface area contributed by atoms with Crippen LogP contribution in [0.2, 0.25) is 0 Å². The highest BCUT2D eigenvalue weighted by Gasteiger charge is 2.14. The summed E-state index contributed by atoms with van der Waals surface area (Å²) in [4.78, 5) is 4.62. The van der Waals surface area contributed by atoms with Crippen LogP contribution in [0.25, 0.3) is 0 Å². The van der Waals surface area contributed by atoms with E-state index in [1.807, 2.05) is 6.07 Å². The number of nitrogens with zero attached hydrogens (tertiary/aromatic N) is 2. The van der Waals surface area contributed by atoms with Gasteiger partial charge in [0.25, 0.3) is 0 Å². The molecule has 0 saturated heterocycles. The molecule has 0 aliphatic heterocycles. The molecule has 1 aromatic heterocycles. The SMILES string of the molecule is CCCCNc1nc2c(cc1C#N)CCCC2. The third-order valence-corrected chi connectivity index (χ3v) is 3.24. The van der Waals surface area contributed by atoms with E-state index in [4.69, 9.17) is 5.26 Å². The topological polar surface area (TPSA) is 48.7 Å². The van der Waals surface area contributed by atoms with E-state index in [2.05, 4.69) is 23.3 Å². The van der Waals surface area contributed by atoms with Crippen LogP contribution in [0, 0.1) is 11.3 Å². The average Bonchev–Trinajstić information content (AvgIpc) is 2.38. The third kappa shape index (κ3) is 2.76. The second kappa shape index (κ2) is 5.67. The van der Waals surface area contributed by atoms with Crippen molar-refractivity contribution < 1.29 is 0 Å². The van der Waals surface area contributed by atoms with Crippen molar-refractivity contribution in [3.63, 3.8) is 0 Å². The molecule has 0 radical (unpaired) electrons. The van der Waals surface area contributed by atoms with Gasteiger partial charge in [-0.25, -0.2) is 4.98 Å². The Balaban J connectivity index is 2.21. The summed E-state index contributed by atoms with van der Waals surface area (Å²) in [5.41, 5.74) is 3.16. The number of fused-ring (bicyclic) bond motifs is 1. The molecule has 2 rings (SSSR count). The predicted octanol–water partition coefficient (Wildman–Crippen LogP) is 3.04. The van der Waals surface area contributed by atoms with Gasteiger partial charge < -0.3 is 5.32 Å². The Morgan fingerprint density at radius 2 is 2.24 bits per heavy atom. The molecule has 3 heteroatoms. The van der Waals surface area contributed by atoms with E-state index < -0.39 is 0 Å². The summed E-state index contributed by atoms with van der Waals surface area (Å²) in [6, 6.07) is 4.27. The van der Waals surface area contributed by atoms with Gasteiger partial charge in [0.05, 0.1) is 5.56 Å². The van der Waals surface area contributed by atoms with Crippen molar-refractivity contribution in [2.75, 3.05) is 11.9 Å². The van der Waals surface area contributed by atoms with E-state index >= 15 is 0 Å². The van der Waals surface area contributed by atoms with E-state index in [1.165, 1.54) is 24.1 Å². The number of unbranched alkanes of at least 4 members (excludes halogenated alkanes) is 1. The van der Waals surface area contributed by atoms with Crippen LogP contribution in [0.5, 0.6) is 0 Å². The molecular formula is C14H19N3. The van der Waals surface area contributed by atoms with Crippen molar-refractivity contribution in [3.8, 4) is 6.07 Å². The Hall–Kier alpha value is -1.56. The van der Waals surface area contributed by atoms with Gasteiger partial charge in [-0.3, -0.25) is 0 Å². The normalized spacial score (nSPS) is 13.9. The summed E-state index contributed by atoms with van der Waals surface area (Å²) < 4.78 is 0. The van der Waals surface area contributed by atoms with Gasteiger partial charge >= 0.3 is 0 Å². The maximum atomic E-state index is 9.15. The lowest BCUT2D eigenvalue weighted by Crippen LogP contribution is -2.11. The minimum absolute atomic E-state index is 0.696. The summed E-state index contributed by atoms with van der Waals surface area (Å²) in [5, 5.41) is 12.4. The molecule has 0 saturated carbocycles. The molecule has 1 aliphatic carbocycles. The number of pyridine rings is 1. The number of nitrogens with one attached hydrogen (secondary N) is 1. The monoisotopic (exact) mass is 229 g/mol. The van der Waals surface area contributed by atoms with E-state index in [0.29, 0.717) is 5.56 Å². The zero-order valence-corrected chi connectivity index (χ0v) is 10.4. The second-order valence-electron chi connectivity index (χ2n) is 4.59. The molecule has 0 spiro atoms. The summed E-state index contributed by atoms with van der Waals surface area (Å²) in [5.74, 6) is 0.779. The molecule has 0 atom stereocenters. The summed E-state index contributed by atoms with van der Waals surface area (Å²) in [6.45, 7) is 3.06. The van der Waals surface area contributed by atoms with Crippen LogP contribution in [0.15, 0.2) is 6.07 Å². The lowest BCUT2D eigenvalue weighted by molar-refractivity contribution is 0.667. The van der Waals surface area contributed by atoms with Crippen molar-refractivity contribution >= 4 is 5.82 Å². The zero-order valence-electron chi connectivity index (χ0n) is 10.4. The van der Waals surface area contributed by atoms with Crippen LogP contribution >= 0.6 is 0 Å². The van der Waals surface area contributed by atoms with Crippen LogP contribution in [0.1, 0.15) is 49.4 Å². The van der Waals surface area contributed by atoms with Crippen LogP contribution in [0.3, 0.4) is 0 Å². The van der Waals surface area contributed by atoms with E-state index in [1.54, 1.807) is 0 Å². The van der Waals surface area contributed by atoms with Crippen molar-refractivity contribution in [2.24, 2.45) is 0 Å². The Morgan fingerprint density at radius 3 is 3.00 bits per heavy atom. The summed E-state index contributed by atoms with van der Waals surface area (Å²) in [6.07, 6.45) is 6.85. The second-order valence-corrected chi connectivity index (χ2v) is 4.59. The van der Waals surface area contributed by atoms with Crippen molar-refractivity contribution in [3.05, 3.63) is 22.9 Å². The largest absolute Gasteiger partial charge is 0.369 e. The number of hydrogen-bond donors (Lipinski definition) is 1. The highest BCUT2D eigenvalue weighted by atomic mass is 15.0. The lowest BCUT2D eigenvalue weighted by atomic mass is 9.95. The molecule has 1 aliphatic rings. The van der Waals surface area contributed by atoms with Crippen molar-refractivity contribution in [2.45, 2.75) is 45.4 Å². The van der Waals surface area contributed by atoms with Gasteiger partial charge in [0.2, 0.25) is 0 Å². The van der Waals surface area contributed by atoms with Crippen molar-refractivity contribution in [1.29, 1.82) is 5.26 Å². The molecule has 0 fully saturated rings. The van der Waals surface area contributed by atoms with Gasteiger partial charge in [-0.1, -0.05) is 13.3 Å². The van der Waals surface area contributed by atoms with Gasteiger partial charge in [0, 0.05) is 12.2 Å². The Morgan fingerprint density at radius 1 is 1.41 bits per heavy atom. The molecule has 90 valence electrons. The number of hydrogen-bond acceptors (Lipinski definition) is 3. The highest BCUT2D eigenvalue weighted by Crippen LogP contribution is 2.24. The molecule has 17 heavy (non-hydrogen) atoms. The van der Waals surface area contributed by atoms with E-state index in [-0.39, 0.29) is 0 Å². The third-order valence-electron chi connectivity index (χ3n) is 3.24. The lowest BCUT2D eigenvalue weighted by Gasteiger charge is -2.17. The minimum atomic E-state index is 0.696. The average molecular weight is 229 g/mol. The smallest absolute Gasteiger partial charge is 0.144 e. The fourth-order valence-electron chi connectivity index (χ4n) is 2.24. The number of nitriles is 1. The van der Waals surface area contributed by atoms with Crippen LogP contribution in [0.4, 0.5) is 5.82 Å². The molecular weight excluding hydrogens is 210 g/mol. The number of aromatic nitrogens is 1. The van der Waals surface area contributed by atoms with Gasteiger partial charge in [-0.2, -0.15) is 5.26 Å². The molecule has 1 heterocycles. The number of rotatable bonds is 4. The first-order valence-corrected chi connectivity index (χ1v) is 6.52. The van der Waals surface area contributed by atoms with Gasteiger partial charge in [0.1, 0.15) is 11.9 Å². The first-order valence-electron chi connectivity index (χ1n) is 6.52. The van der Waals surface area contributed by atoms with E-state index in [0.717, 1.165) is 38.0 Å². The van der Waals surface area contributed by atoms with Crippen LogP contribution in [-0.4, -0.2) is 11.5 Å². The van der Waals surface area contributed by atoms with Crippen LogP contribution in [-0.2, 0) is 12.8 Å². The summed E-state index contributed by atoms with van der Waals surface area (Å²) in [7, 11) is 0. The predicted molar refractivity (Wildman–Crippen MR) is 69.0 cm³/mol. The molecule has 1 aromatic rings. The van der Waals surface area contributed by atoms with Gasteiger partial charge in [-0.05, 0) is 43.7 Å². The van der Waals surface area contributed by atoms with E-state index in [9.17, 15) is 0 Å². The maximum absolute atomic E-state index is 9.15. The summed E-state index contributed by atoms with van der Waals surface area (Å²) >= 11 is 0. The van der Waals surface area contributed by atoms with Gasteiger partial charge in [0.15, 0.2) is 0 Å². The molecule has 0 aromatic carbocycles. The van der Waals surface area contributed by atoms with Gasteiger partial charge in [-0.15, -0.1) is 0 Å². The fourth-order valence-corrected chi connectivity index (χ4v) is 2.24. The maximum Gasteiger partial charge on any atom is 0.144 e. The Kier molecular flexibility index (Phi) is 3.98. The quantitative estimate of drug-likeness (QED) is 0.807. The van der Waals surface area contributed by atoms with Crippen molar-refractivity contribution in [1.82, 2.24) is 4.98 Å². The minimum Gasteiger partial charge on any atom is -0.369 e. The first-order chi connectivity index (χ1) is 8.35. The molecule has 0 amide bonds. The fraction of sp³-hybridized carbons (Fsp3) is 0.571. The first kappa shape index (κ1) is 11.9. The number of aryl methyl sites for hydroxylation is 2. The standard InChI is InChI=1S/C14H19N3/c1-2-3-8-16-14-12(10-15)9-11-6-4-5-7-13(11)17-14/h9H,2-8H2,1H3,(H,16,17). The molecule has 1 N–H and O–H groups in total. The Labute approximate surface area is 103 Å². The molecule has 0 bridgehead atoms. The number of anilines is 1. The Bertz CT molecular complexity index is 432. The highest BCUT2D eigenvalue weighted by molar-refractivity contribution is 5.54. The van der Waals surface area contributed by atoms with Crippen LogP contribution < -0.4 is 5.32 Å².